The van der Waals surface area contributed by atoms with E-state index in [2.05, 4.69) is 17.0 Å². The van der Waals surface area contributed by atoms with Gasteiger partial charge < -0.3 is 14.6 Å². The molecule has 2 heterocycles. The van der Waals surface area contributed by atoms with Crippen molar-refractivity contribution >= 4 is 0 Å². The molecule has 98 valence electrons. The number of hydrogen-bond donors (Lipinski definition) is 1. The van der Waals surface area contributed by atoms with Crippen LogP contribution in [0.4, 0.5) is 0 Å². The molecule has 1 aromatic carbocycles. The van der Waals surface area contributed by atoms with Gasteiger partial charge in [-0.25, -0.2) is 0 Å². The summed E-state index contributed by atoms with van der Waals surface area (Å²) in [6, 6.07) is 6.70. The van der Waals surface area contributed by atoms with Crippen LogP contribution in [0.15, 0.2) is 18.2 Å². The maximum atomic E-state index is 8.95. The number of aliphatic hydroxyl groups excluding tert-OH is 1. The normalized spacial score (nSPS) is 22.6. The van der Waals surface area contributed by atoms with Crippen LogP contribution in [0.25, 0.3) is 0 Å². The third kappa shape index (κ3) is 2.18. The van der Waals surface area contributed by atoms with Gasteiger partial charge in [0.1, 0.15) is 0 Å². The van der Waals surface area contributed by atoms with E-state index in [1.807, 2.05) is 6.07 Å². The molecule has 2 aliphatic heterocycles. The lowest BCUT2D eigenvalue weighted by Crippen LogP contribution is -2.25. The van der Waals surface area contributed by atoms with Gasteiger partial charge in [0.15, 0.2) is 11.5 Å². The molecule has 18 heavy (non-hydrogen) atoms. The summed E-state index contributed by atoms with van der Waals surface area (Å²) in [4.78, 5) is 2.45. The maximum absolute atomic E-state index is 8.95. The molecule has 3 rings (SSSR count). The molecule has 1 N–H and O–H groups in total. The lowest BCUT2D eigenvalue weighted by molar-refractivity contribution is 0.173. The fourth-order valence-electron chi connectivity index (χ4n) is 2.87. The van der Waals surface area contributed by atoms with Crippen molar-refractivity contribution < 1.29 is 14.6 Å². The number of hydrogen-bond acceptors (Lipinski definition) is 4. The Labute approximate surface area is 107 Å². The molecule has 0 bridgehead atoms. The van der Waals surface area contributed by atoms with E-state index >= 15 is 0 Å². The second-order valence-corrected chi connectivity index (χ2v) is 4.88. The number of benzene rings is 1. The summed E-state index contributed by atoms with van der Waals surface area (Å²) < 4.78 is 10.8. The topological polar surface area (TPSA) is 41.9 Å². The summed E-state index contributed by atoms with van der Waals surface area (Å²) in [6.45, 7) is 2.69. The molecule has 0 aromatic heterocycles. The zero-order valence-electron chi connectivity index (χ0n) is 10.5. The van der Waals surface area contributed by atoms with Crippen LogP contribution in [0.1, 0.15) is 30.9 Å². The van der Waals surface area contributed by atoms with Crippen molar-refractivity contribution in [3.05, 3.63) is 23.8 Å². The molecule has 2 aliphatic rings. The van der Waals surface area contributed by atoms with Crippen LogP contribution in [-0.4, -0.2) is 36.5 Å². The predicted octanol–water partition coefficient (Wildman–Crippen LogP) is 1.93. The lowest BCUT2D eigenvalue weighted by atomic mass is 10.0. The Morgan fingerprint density at radius 2 is 2.17 bits per heavy atom. The van der Waals surface area contributed by atoms with Crippen molar-refractivity contribution in [2.75, 3.05) is 26.5 Å². The van der Waals surface area contributed by atoms with Crippen molar-refractivity contribution in [1.82, 2.24) is 4.90 Å². The standard InChI is InChI=1S/C14H19NO3/c16-8-2-7-15-6-1-3-12(15)11-4-5-13-14(9-11)18-10-17-13/h4-5,9,12,16H,1-3,6-8,10H2. The summed E-state index contributed by atoms with van der Waals surface area (Å²) in [5.41, 5.74) is 1.30. The van der Waals surface area contributed by atoms with Gasteiger partial charge in [-0.1, -0.05) is 6.07 Å². The van der Waals surface area contributed by atoms with Crippen LogP contribution in [0.5, 0.6) is 11.5 Å². The van der Waals surface area contributed by atoms with Crippen molar-refractivity contribution in [2.45, 2.75) is 25.3 Å². The first-order chi connectivity index (χ1) is 8.88. The van der Waals surface area contributed by atoms with Gasteiger partial charge >= 0.3 is 0 Å². The minimum atomic E-state index is 0.268. The average molecular weight is 249 g/mol. The van der Waals surface area contributed by atoms with E-state index in [0.717, 1.165) is 31.0 Å². The molecular weight excluding hydrogens is 230 g/mol. The molecule has 1 atom stereocenters. The maximum Gasteiger partial charge on any atom is 0.231 e. The molecule has 0 spiro atoms. The van der Waals surface area contributed by atoms with Gasteiger partial charge in [-0.15, -0.1) is 0 Å². The predicted molar refractivity (Wildman–Crippen MR) is 67.8 cm³/mol. The smallest absolute Gasteiger partial charge is 0.231 e. The Morgan fingerprint density at radius 3 is 3.06 bits per heavy atom. The third-order valence-corrected chi connectivity index (χ3v) is 3.75. The van der Waals surface area contributed by atoms with Crippen molar-refractivity contribution in [3.63, 3.8) is 0 Å². The highest BCUT2D eigenvalue weighted by Gasteiger charge is 2.26. The number of ether oxygens (including phenoxy) is 2. The van der Waals surface area contributed by atoms with Crippen LogP contribution in [0, 0.1) is 0 Å². The number of rotatable bonds is 4. The first-order valence-corrected chi connectivity index (χ1v) is 6.63. The molecule has 4 nitrogen and oxygen atoms in total. The molecular formula is C14H19NO3. The van der Waals surface area contributed by atoms with Gasteiger partial charge in [-0.05, 0) is 43.5 Å². The van der Waals surface area contributed by atoms with Gasteiger partial charge in [-0.2, -0.15) is 0 Å². The molecule has 4 heteroatoms. The van der Waals surface area contributed by atoms with Gasteiger partial charge in [0, 0.05) is 19.2 Å². The van der Waals surface area contributed by atoms with E-state index in [9.17, 15) is 0 Å². The highest BCUT2D eigenvalue weighted by Crippen LogP contribution is 2.38. The highest BCUT2D eigenvalue weighted by atomic mass is 16.7. The average Bonchev–Trinajstić information content (AvgIpc) is 3.03. The SMILES string of the molecule is OCCCN1CCCC1c1ccc2c(c1)OCO2. The Bertz CT molecular complexity index is 422. The van der Waals surface area contributed by atoms with Gasteiger partial charge in [0.2, 0.25) is 6.79 Å². The fraction of sp³-hybridized carbons (Fsp3) is 0.571. The second-order valence-electron chi connectivity index (χ2n) is 4.88. The highest BCUT2D eigenvalue weighted by molar-refractivity contribution is 5.45. The van der Waals surface area contributed by atoms with Gasteiger partial charge in [0.25, 0.3) is 0 Å². The largest absolute Gasteiger partial charge is 0.454 e. The van der Waals surface area contributed by atoms with Crippen molar-refractivity contribution in [1.29, 1.82) is 0 Å². The van der Waals surface area contributed by atoms with E-state index in [4.69, 9.17) is 14.6 Å². The Hall–Kier alpha value is -1.26. The molecule has 1 fully saturated rings. The van der Waals surface area contributed by atoms with Crippen molar-refractivity contribution in [2.24, 2.45) is 0 Å². The molecule has 0 aliphatic carbocycles. The molecule has 1 saturated heterocycles. The quantitative estimate of drug-likeness (QED) is 0.885. The van der Waals surface area contributed by atoms with E-state index in [-0.39, 0.29) is 6.61 Å². The van der Waals surface area contributed by atoms with E-state index in [1.54, 1.807) is 0 Å². The first-order valence-electron chi connectivity index (χ1n) is 6.63. The molecule has 0 amide bonds. The fourth-order valence-corrected chi connectivity index (χ4v) is 2.87. The van der Waals surface area contributed by atoms with Crippen LogP contribution in [0.3, 0.4) is 0 Å². The summed E-state index contributed by atoms with van der Waals surface area (Å²) in [5, 5.41) is 8.95. The Balaban J connectivity index is 1.76. The molecule has 1 aromatic rings. The minimum absolute atomic E-state index is 0.268. The number of aliphatic hydroxyl groups is 1. The molecule has 0 saturated carbocycles. The van der Waals surface area contributed by atoms with Crippen LogP contribution >= 0.6 is 0 Å². The lowest BCUT2D eigenvalue weighted by Gasteiger charge is -2.24. The van der Waals surface area contributed by atoms with Gasteiger partial charge in [0.05, 0.1) is 0 Å². The summed E-state index contributed by atoms with van der Waals surface area (Å²) in [5.74, 6) is 1.71. The Kier molecular flexibility index (Phi) is 3.39. The van der Waals surface area contributed by atoms with E-state index in [0.29, 0.717) is 12.8 Å². The molecule has 0 radical (unpaired) electrons. The number of likely N-dealkylation sites (tertiary alicyclic amines) is 1. The Morgan fingerprint density at radius 1 is 1.28 bits per heavy atom. The van der Waals surface area contributed by atoms with Crippen LogP contribution < -0.4 is 9.47 Å². The van der Waals surface area contributed by atoms with E-state index < -0.39 is 0 Å². The summed E-state index contributed by atoms with van der Waals surface area (Å²) >= 11 is 0. The van der Waals surface area contributed by atoms with Gasteiger partial charge in [-0.3, -0.25) is 4.90 Å². The summed E-state index contributed by atoms with van der Waals surface area (Å²) in [7, 11) is 0. The zero-order chi connectivity index (χ0) is 12.4. The van der Waals surface area contributed by atoms with Crippen LogP contribution in [0.2, 0.25) is 0 Å². The first kappa shape index (κ1) is 11.8. The zero-order valence-corrected chi connectivity index (χ0v) is 10.5. The van der Waals surface area contributed by atoms with E-state index in [1.165, 1.54) is 18.4 Å². The monoisotopic (exact) mass is 249 g/mol. The number of nitrogens with zero attached hydrogens (tertiary/aromatic N) is 1. The summed E-state index contributed by atoms with van der Waals surface area (Å²) in [6.07, 6.45) is 3.26. The third-order valence-electron chi connectivity index (χ3n) is 3.75. The minimum Gasteiger partial charge on any atom is -0.454 e. The second kappa shape index (κ2) is 5.16. The van der Waals surface area contributed by atoms with Crippen molar-refractivity contribution in [3.8, 4) is 11.5 Å². The number of fused-ring (bicyclic) bond motifs is 1. The van der Waals surface area contributed by atoms with Crippen LogP contribution in [-0.2, 0) is 0 Å². The molecule has 1 unspecified atom stereocenters.